The second-order valence-corrected chi connectivity index (χ2v) is 18.1. The third kappa shape index (κ3) is 8.21. The molecule has 12 rings (SSSR count). The number of anilines is 12. The van der Waals surface area contributed by atoms with E-state index in [1.54, 1.807) is 0 Å². The molecule has 7 heteroatoms. The number of hydrogen-bond donors (Lipinski definition) is 1. The van der Waals surface area contributed by atoms with Crippen LogP contribution in [0.15, 0.2) is 255 Å². The summed E-state index contributed by atoms with van der Waals surface area (Å²) in [5, 5.41) is 11.1. The largest absolute Gasteiger partial charge is 0.465 e. The van der Waals surface area contributed by atoms with Crippen molar-refractivity contribution in [1.29, 1.82) is 0 Å². The lowest BCUT2D eigenvalue weighted by molar-refractivity contribution is 0.0601. The van der Waals surface area contributed by atoms with Crippen molar-refractivity contribution in [3.63, 3.8) is 0 Å². The highest BCUT2D eigenvalue weighted by Gasteiger charge is 2.35. The van der Waals surface area contributed by atoms with E-state index in [-0.39, 0.29) is 5.97 Å². The molecule has 10 aromatic carbocycles. The van der Waals surface area contributed by atoms with Crippen molar-refractivity contribution in [3.05, 3.63) is 266 Å². The van der Waals surface area contributed by atoms with Gasteiger partial charge in [0.15, 0.2) is 0 Å². The van der Waals surface area contributed by atoms with E-state index in [2.05, 4.69) is 214 Å². The first-order chi connectivity index (χ1) is 35.3. The third-order valence-electron chi connectivity index (χ3n) is 13.3. The summed E-state index contributed by atoms with van der Waals surface area (Å²) in [7, 11) is 1.42. The number of nitrogens with zero attached hydrogens (tertiary/aromatic N) is 4. The summed E-state index contributed by atoms with van der Waals surface area (Å²) in [4.78, 5) is 21.8. The Balaban J connectivity index is 0.000000156. The van der Waals surface area contributed by atoms with Crippen molar-refractivity contribution >= 4 is 74.2 Å². The van der Waals surface area contributed by atoms with Gasteiger partial charge in [-0.2, -0.15) is 0 Å². The van der Waals surface area contributed by atoms with E-state index in [1.165, 1.54) is 18.2 Å². The van der Waals surface area contributed by atoms with E-state index >= 15 is 0 Å². The lowest BCUT2D eigenvalue weighted by atomic mass is 9.94. The Labute approximate surface area is 421 Å². The van der Waals surface area contributed by atoms with Gasteiger partial charge in [-0.25, -0.2) is 4.79 Å². The van der Waals surface area contributed by atoms with Crippen LogP contribution in [0.25, 0.3) is 22.3 Å². The van der Waals surface area contributed by atoms with Crippen molar-refractivity contribution in [2.75, 3.05) is 26.7 Å². The van der Waals surface area contributed by atoms with E-state index in [0.29, 0.717) is 5.56 Å². The maximum absolute atomic E-state index is 12.7. The van der Waals surface area contributed by atoms with Gasteiger partial charge in [0, 0.05) is 16.7 Å². The molecule has 1 N–H and O–H groups in total. The standard InChI is InChI=1S/C33H28N2O.C32H24N2O2/c1-33(2,36)26-17-7-9-19-28(26)35-31-22-12-10-20-29(31)34(30-21-11-13-23-32(30)35)27-18-8-6-16-25(27)24-14-4-3-5-15-24;1-36-32(35)25-16-6-8-18-27(25)34-30-21-11-9-19-28(30)33(29-20-10-12-22-31(29)34)26-17-7-5-15-24(26)23-13-3-2-4-14-23/h3-23,36H,1-2H3;2-22H,1H3. The van der Waals surface area contributed by atoms with Gasteiger partial charge in [-0.1, -0.05) is 176 Å². The van der Waals surface area contributed by atoms with Crippen LogP contribution < -0.4 is 19.6 Å². The maximum Gasteiger partial charge on any atom is 0.339 e. The van der Waals surface area contributed by atoms with E-state index in [1.807, 2.05) is 74.5 Å². The van der Waals surface area contributed by atoms with Crippen LogP contribution in [0.3, 0.4) is 0 Å². The average Bonchev–Trinajstić information content (AvgIpc) is 3.44. The molecule has 2 aliphatic heterocycles. The molecule has 10 aromatic rings. The van der Waals surface area contributed by atoms with Crippen molar-refractivity contribution in [1.82, 2.24) is 0 Å². The van der Waals surface area contributed by atoms with E-state index < -0.39 is 5.60 Å². The lowest BCUT2D eigenvalue weighted by Gasteiger charge is -2.42. The van der Waals surface area contributed by atoms with Gasteiger partial charge in [0.05, 0.1) is 86.5 Å². The maximum atomic E-state index is 12.7. The average molecular weight is 937 g/mol. The number of fused-ring (bicyclic) bond motifs is 4. The molecule has 0 aliphatic carbocycles. The zero-order chi connectivity index (χ0) is 49.2. The zero-order valence-electron chi connectivity index (χ0n) is 40.3. The molecular weight excluding hydrogens is 885 g/mol. The minimum Gasteiger partial charge on any atom is -0.465 e. The van der Waals surface area contributed by atoms with Crippen LogP contribution in [0.1, 0.15) is 29.8 Å². The van der Waals surface area contributed by atoms with Crippen molar-refractivity contribution < 1.29 is 14.6 Å². The zero-order valence-corrected chi connectivity index (χ0v) is 40.3. The Morgan fingerprint density at radius 3 is 0.958 bits per heavy atom. The van der Waals surface area contributed by atoms with Gasteiger partial charge in [0.25, 0.3) is 0 Å². The number of para-hydroxylation sites is 12. The van der Waals surface area contributed by atoms with Crippen LogP contribution in [0.5, 0.6) is 0 Å². The Bertz CT molecular complexity index is 3480. The smallest absolute Gasteiger partial charge is 0.339 e. The topological polar surface area (TPSA) is 59.5 Å². The lowest BCUT2D eigenvalue weighted by Crippen LogP contribution is -2.27. The molecule has 0 atom stereocenters. The molecule has 0 saturated carbocycles. The molecule has 2 aliphatic rings. The fourth-order valence-electron chi connectivity index (χ4n) is 10.1. The number of aliphatic hydroxyl groups is 1. The highest BCUT2D eigenvalue weighted by atomic mass is 16.5. The fraction of sp³-hybridized carbons (Fsp3) is 0.0615. The minimum atomic E-state index is -0.989. The van der Waals surface area contributed by atoms with Crippen LogP contribution in [0, 0.1) is 0 Å². The quantitative estimate of drug-likeness (QED) is 0.152. The van der Waals surface area contributed by atoms with Crippen molar-refractivity contribution in [3.8, 4) is 22.3 Å². The number of methoxy groups -OCH3 is 1. The second kappa shape index (κ2) is 19.3. The summed E-state index contributed by atoms with van der Waals surface area (Å²) in [6.07, 6.45) is 0. The highest BCUT2D eigenvalue weighted by molar-refractivity contribution is 6.08. The van der Waals surface area contributed by atoms with Gasteiger partial charge in [0.2, 0.25) is 0 Å². The fourth-order valence-corrected chi connectivity index (χ4v) is 10.1. The molecule has 0 unspecified atom stereocenters. The van der Waals surface area contributed by atoms with Gasteiger partial charge >= 0.3 is 5.97 Å². The minimum absolute atomic E-state index is 0.364. The summed E-state index contributed by atoms with van der Waals surface area (Å²) in [5.41, 5.74) is 17.3. The number of benzene rings is 10. The molecule has 0 saturated heterocycles. The predicted octanol–water partition coefficient (Wildman–Crippen LogP) is 17.2. The van der Waals surface area contributed by atoms with Crippen LogP contribution in [0.2, 0.25) is 0 Å². The number of rotatable bonds is 8. The number of hydrogen-bond acceptors (Lipinski definition) is 7. The second-order valence-electron chi connectivity index (χ2n) is 18.1. The van der Waals surface area contributed by atoms with Gasteiger partial charge in [-0.3, -0.25) is 0 Å². The summed E-state index contributed by atoms with van der Waals surface area (Å²) in [5.74, 6) is -0.364. The van der Waals surface area contributed by atoms with Gasteiger partial charge in [0.1, 0.15) is 0 Å². The monoisotopic (exact) mass is 936 g/mol. The Morgan fingerprint density at radius 1 is 0.333 bits per heavy atom. The molecule has 0 spiro atoms. The molecule has 0 radical (unpaired) electrons. The predicted molar refractivity (Wildman–Crippen MR) is 296 cm³/mol. The Morgan fingerprint density at radius 2 is 0.597 bits per heavy atom. The third-order valence-corrected chi connectivity index (χ3v) is 13.3. The van der Waals surface area contributed by atoms with Crippen LogP contribution in [-0.2, 0) is 10.3 Å². The van der Waals surface area contributed by atoms with Crippen LogP contribution in [0.4, 0.5) is 68.2 Å². The first kappa shape index (κ1) is 45.3. The summed E-state index contributed by atoms with van der Waals surface area (Å²) in [6.45, 7) is 3.69. The normalized spacial score (nSPS) is 12.4. The molecule has 0 aromatic heterocycles. The number of ether oxygens (including phenoxy) is 1. The van der Waals surface area contributed by atoms with Gasteiger partial charge < -0.3 is 29.4 Å². The van der Waals surface area contributed by atoms with Crippen LogP contribution >= 0.6 is 0 Å². The molecule has 7 nitrogen and oxygen atoms in total. The van der Waals surface area contributed by atoms with Crippen LogP contribution in [-0.4, -0.2) is 18.2 Å². The first-order valence-corrected chi connectivity index (χ1v) is 24.2. The van der Waals surface area contributed by atoms with Gasteiger partial charge in [-0.05, 0) is 104 Å². The molecular formula is C65H52N4O3. The molecule has 350 valence electrons. The summed E-state index contributed by atoms with van der Waals surface area (Å²) >= 11 is 0. The first-order valence-electron chi connectivity index (χ1n) is 24.2. The van der Waals surface area contributed by atoms with E-state index in [9.17, 15) is 9.90 Å². The Kier molecular flexibility index (Phi) is 12.1. The van der Waals surface area contributed by atoms with E-state index in [0.717, 1.165) is 84.9 Å². The number of carbonyl (C=O) groups excluding carboxylic acids is 1. The number of esters is 1. The number of carbonyl (C=O) groups is 1. The van der Waals surface area contributed by atoms with E-state index in [4.69, 9.17) is 4.74 Å². The van der Waals surface area contributed by atoms with Crippen molar-refractivity contribution in [2.24, 2.45) is 0 Å². The molecule has 0 fully saturated rings. The molecule has 72 heavy (non-hydrogen) atoms. The molecule has 0 bridgehead atoms. The molecule has 0 amide bonds. The SMILES string of the molecule is CC(C)(O)c1ccccc1N1c2ccccc2N(c2ccccc2-c2ccccc2)c2ccccc21.COC(=O)c1ccccc1N1c2ccccc2N(c2ccccc2-c2ccccc2)c2ccccc21. The Hall–Kier alpha value is -9.17. The summed E-state index contributed by atoms with van der Waals surface area (Å²) < 4.78 is 5.12. The van der Waals surface area contributed by atoms with Crippen molar-refractivity contribution in [2.45, 2.75) is 19.4 Å². The molecule has 2 heterocycles. The summed E-state index contributed by atoms with van der Waals surface area (Å²) in [6, 6.07) is 87.3. The highest BCUT2D eigenvalue weighted by Crippen LogP contribution is 2.58. The van der Waals surface area contributed by atoms with Gasteiger partial charge in [-0.15, -0.1) is 0 Å².